The number of rotatable bonds is 2. The first-order chi connectivity index (χ1) is 8.63. The lowest BCUT2D eigenvalue weighted by atomic mass is 9.99. The average molecular weight is 243 g/mol. The minimum Gasteiger partial charge on any atom is -0.348 e. The van der Waals surface area contributed by atoms with E-state index in [4.69, 9.17) is 5.73 Å². The number of nitrogens with zero attached hydrogens (tertiary/aromatic N) is 1. The van der Waals surface area contributed by atoms with Crippen molar-refractivity contribution in [1.82, 2.24) is 9.88 Å². The van der Waals surface area contributed by atoms with Crippen molar-refractivity contribution >= 4 is 10.9 Å². The zero-order valence-corrected chi connectivity index (χ0v) is 11.4. The molecule has 0 spiro atoms. The fourth-order valence-corrected chi connectivity index (χ4v) is 3.06. The van der Waals surface area contributed by atoms with E-state index in [1.54, 1.807) is 0 Å². The molecule has 2 heterocycles. The Bertz CT molecular complexity index is 610. The highest BCUT2D eigenvalue weighted by Crippen LogP contribution is 2.33. The van der Waals surface area contributed by atoms with Crippen LogP contribution in [-0.2, 0) is 20.1 Å². The van der Waals surface area contributed by atoms with Crippen molar-refractivity contribution < 1.29 is 0 Å². The molecule has 0 saturated heterocycles. The second-order valence-corrected chi connectivity index (χ2v) is 5.31. The van der Waals surface area contributed by atoms with Gasteiger partial charge in [0.2, 0.25) is 0 Å². The largest absolute Gasteiger partial charge is 0.348 e. The first-order valence-electron chi connectivity index (χ1n) is 6.70. The fourth-order valence-electron chi connectivity index (χ4n) is 3.06. The minimum atomic E-state index is 0.140. The highest BCUT2D eigenvalue weighted by Gasteiger charge is 2.20. The van der Waals surface area contributed by atoms with Crippen molar-refractivity contribution in [3.05, 3.63) is 34.5 Å². The van der Waals surface area contributed by atoms with Gasteiger partial charge in [-0.3, -0.25) is 0 Å². The standard InChI is InChI=1S/C15H21N3/c1-4-13(16)15-9(2)18(3)14-6-11-8-17-7-10(11)5-12(14)15/h5-6,13,17H,4,7-8,16H2,1-3H3. The SMILES string of the molecule is CCC(N)c1c(C)n(C)c2cc3c(cc12)CNC3. The Kier molecular flexibility index (Phi) is 2.68. The number of aryl methyl sites for hydroxylation is 1. The molecule has 3 N–H and O–H groups in total. The molecule has 96 valence electrons. The lowest BCUT2D eigenvalue weighted by Crippen LogP contribution is -2.10. The molecule has 0 radical (unpaired) electrons. The zero-order valence-electron chi connectivity index (χ0n) is 11.4. The van der Waals surface area contributed by atoms with Crippen LogP contribution in [0, 0.1) is 6.92 Å². The monoisotopic (exact) mass is 243 g/mol. The molecule has 1 atom stereocenters. The molecule has 0 saturated carbocycles. The normalized spacial score (nSPS) is 16.2. The Morgan fingerprint density at radius 2 is 2.00 bits per heavy atom. The van der Waals surface area contributed by atoms with Crippen LogP contribution < -0.4 is 11.1 Å². The number of benzene rings is 1. The molecule has 0 fully saturated rings. The smallest absolute Gasteiger partial charge is 0.0486 e. The van der Waals surface area contributed by atoms with Crippen molar-refractivity contribution in [2.45, 2.75) is 39.4 Å². The van der Waals surface area contributed by atoms with Gasteiger partial charge in [-0.15, -0.1) is 0 Å². The van der Waals surface area contributed by atoms with Crippen LogP contribution >= 0.6 is 0 Å². The van der Waals surface area contributed by atoms with E-state index in [0.717, 1.165) is 19.5 Å². The van der Waals surface area contributed by atoms with Gasteiger partial charge in [-0.25, -0.2) is 0 Å². The van der Waals surface area contributed by atoms with E-state index in [2.05, 4.69) is 42.9 Å². The number of fused-ring (bicyclic) bond motifs is 2. The quantitative estimate of drug-likeness (QED) is 0.851. The van der Waals surface area contributed by atoms with Crippen LogP contribution in [0.4, 0.5) is 0 Å². The molecule has 0 amide bonds. The summed E-state index contributed by atoms with van der Waals surface area (Å²) in [4.78, 5) is 0. The van der Waals surface area contributed by atoms with E-state index in [0.29, 0.717) is 0 Å². The Morgan fingerprint density at radius 1 is 1.33 bits per heavy atom. The summed E-state index contributed by atoms with van der Waals surface area (Å²) in [6.45, 7) is 6.30. The predicted octanol–water partition coefficient (Wildman–Crippen LogP) is 2.50. The van der Waals surface area contributed by atoms with E-state index >= 15 is 0 Å². The van der Waals surface area contributed by atoms with E-state index in [1.165, 1.54) is 33.3 Å². The Labute approximate surface area is 108 Å². The van der Waals surface area contributed by atoms with Gasteiger partial charge < -0.3 is 15.6 Å². The average Bonchev–Trinajstić information content (AvgIpc) is 2.91. The van der Waals surface area contributed by atoms with Crippen molar-refractivity contribution in [1.29, 1.82) is 0 Å². The third kappa shape index (κ3) is 1.51. The summed E-state index contributed by atoms with van der Waals surface area (Å²) >= 11 is 0. The first kappa shape index (κ1) is 11.8. The molecule has 1 aliphatic heterocycles. The van der Waals surface area contributed by atoms with Crippen LogP contribution in [0.25, 0.3) is 10.9 Å². The van der Waals surface area contributed by atoms with Gasteiger partial charge in [0.05, 0.1) is 0 Å². The lowest BCUT2D eigenvalue weighted by molar-refractivity contribution is 0.692. The second kappa shape index (κ2) is 4.11. The third-order valence-electron chi connectivity index (χ3n) is 4.30. The molecule has 1 aromatic carbocycles. The van der Waals surface area contributed by atoms with Crippen molar-refractivity contribution in [3.8, 4) is 0 Å². The van der Waals surface area contributed by atoms with Crippen LogP contribution in [0.2, 0.25) is 0 Å². The summed E-state index contributed by atoms with van der Waals surface area (Å²) in [6.07, 6.45) is 0.981. The maximum atomic E-state index is 6.29. The molecule has 1 aromatic heterocycles. The molecule has 1 unspecified atom stereocenters. The van der Waals surface area contributed by atoms with E-state index < -0.39 is 0 Å². The summed E-state index contributed by atoms with van der Waals surface area (Å²) in [5, 5.41) is 4.75. The van der Waals surface area contributed by atoms with Crippen molar-refractivity contribution in [2.24, 2.45) is 12.8 Å². The summed E-state index contributed by atoms with van der Waals surface area (Å²) in [7, 11) is 2.14. The van der Waals surface area contributed by atoms with Gasteiger partial charge >= 0.3 is 0 Å². The van der Waals surface area contributed by atoms with Gasteiger partial charge in [0.15, 0.2) is 0 Å². The second-order valence-electron chi connectivity index (χ2n) is 5.31. The van der Waals surface area contributed by atoms with Crippen LogP contribution in [0.3, 0.4) is 0 Å². The highest BCUT2D eigenvalue weighted by molar-refractivity contribution is 5.87. The molecule has 2 aromatic rings. The number of nitrogens with two attached hydrogens (primary N) is 1. The Hall–Kier alpha value is -1.32. The summed E-state index contributed by atoms with van der Waals surface area (Å²) in [5.41, 5.74) is 13.1. The van der Waals surface area contributed by atoms with Gasteiger partial charge in [-0.05, 0) is 42.2 Å². The first-order valence-corrected chi connectivity index (χ1v) is 6.70. The molecular formula is C15H21N3. The summed E-state index contributed by atoms with van der Waals surface area (Å²) < 4.78 is 2.28. The Morgan fingerprint density at radius 3 is 2.67 bits per heavy atom. The topological polar surface area (TPSA) is 43.0 Å². The summed E-state index contributed by atoms with van der Waals surface area (Å²) in [6, 6.07) is 4.80. The van der Waals surface area contributed by atoms with Crippen LogP contribution in [0.1, 0.15) is 41.8 Å². The number of hydrogen-bond acceptors (Lipinski definition) is 2. The van der Waals surface area contributed by atoms with E-state index in [1.807, 2.05) is 0 Å². The van der Waals surface area contributed by atoms with E-state index in [-0.39, 0.29) is 6.04 Å². The maximum absolute atomic E-state index is 6.29. The number of hydrogen-bond donors (Lipinski definition) is 2. The minimum absolute atomic E-state index is 0.140. The fraction of sp³-hybridized carbons (Fsp3) is 0.467. The molecular weight excluding hydrogens is 222 g/mol. The summed E-state index contributed by atoms with van der Waals surface area (Å²) in [5.74, 6) is 0. The van der Waals surface area contributed by atoms with Gasteiger partial charge in [-0.1, -0.05) is 6.92 Å². The predicted molar refractivity (Wildman–Crippen MR) is 75.4 cm³/mol. The van der Waals surface area contributed by atoms with E-state index in [9.17, 15) is 0 Å². The van der Waals surface area contributed by atoms with Crippen LogP contribution in [-0.4, -0.2) is 4.57 Å². The maximum Gasteiger partial charge on any atom is 0.0486 e. The molecule has 3 heteroatoms. The molecule has 3 rings (SSSR count). The number of nitrogens with one attached hydrogen (secondary N) is 1. The molecule has 3 nitrogen and oxygen atoms in total. The lowest BCUT2D eigenvalue weighted by Gasteiger charge is -2.10. The molecule has 0 bridgehead atoms. The van der Waals surface area contributed by atoms with Crippen LogP contribution in [0.5, 0.6) is 0 Å². The van der Waals surface area contributed by atoms with Crippen molar-refractivity contribution in [2.75, 3.05) is 0 Å². The molecule has 0 aliphatic carbocycles. The van der Waals surface area contributed by atoms with Gasteiger partial charge in [0, 0.05) is 42.8 Å². The van der Waals surface area contributed by atoms with Gasteiger partial charge in [0.25, 0.3) is 0 Å². The highest BCUT2D eigenvalue weighted by atomic mass is 15.0. The third-order valence-corrected chi connectivity index (χ3v) is 4.30. The van der Waals surface area contributed by atoms with Crippen LogP contribution in [0.15, 0.2) is 12.1 Å². The van der Waals surface area contributed by atoms with Gasteiger partial charge in [0.1, 0.15) is 0 Å². The molecule has 18 heavy (non-hydrogen) atoms. The van der Waals surface area contributed by atoms with Gasteiger partial charge in [-0.2, -0.15) is 0 Å². The Balaban J connectivity index is 2.32. The zero-order chi connectivity index (χ0) is 12.9. The number of aromatic nitrogens is 1. The van der Waals surface area contributed by atoms with Crippen molar-refractivity contribution in [3.63, 3.8) is 0 Å². The molecule has 1 aliphatic rings.